The molecule has 0 saturated heterocycles. The molecule has 0 radical (unpaired) electrons. The molecule has 2 aromatic heterocycles. The molecule has 1 N–H and O–H groups in total. The molecule has 0 unspecified atom stereocenters. The van der Waals surface area contributed by atoms with Crippen LogP contribution in [-0.2, 0) is 4.79 Å². The minimum atomic E-state index is -0.874. The van der Waals surface area contributed by atoms with Gasteiger partial charge in [0.1, 0.15) is 5.76 Å². The van der Waals surface area contributed by atoms with Crippen LogP contribution in [0.25, 0.3) is 0 Å². The lowest BCUT2D eigenvalue weighted by atomic mass is 9.95. The molecule has 3 heterocycles. The number of hydrogen-bond donors (Lipinski definition) is 1. The van der Waals surface area contributed by atoms with Crippen molar-refractivity contribution in [2.45, 2.75) is 13.0 Å². The van der Waals surface area contributed by atoms with E-state index in [9.17, 15) is 14.7 Å². The molecule has 3 aromatic rings. The van der Waals surface area contributed by atoms with Gasteiger partial charge in [-0.3, -0.25) is 14.5 Å². The van der Waals surface area contributed by atoms with Crippen molar-refractivity contribution < 1.29 is 23.6 Å². The van der Waals surface area contributed by atoms with Crippen LogP contribution in [0.4, 0.5) is 11.5 Å². The Hall–Kier alpha value is -3.81. The molecule has 1 aliphatic heterocycles. The number of rotatable bonds is 5. The Labute approximate surface area is 166 Å². The number of ketones is 1. The second-order valence-electron chi connectivity index (χ2n) is 6.93. The summed E-state index contributed by atoms with van der Waals surface area (Å²) in [6.07, 6.45) is 1.36. The van der Waals surface area contributed by atoms with Gasteiger partial charge in [0.05, 0.1) is 17.9 Å². The van der Waals surface area contributed by atoms with E-state index in [0.717, 1.165) is 5.69 Å². The Kier molecular flexibility index (Phi) is 4.46. The van der Waals surface area contributed by atoms with Crippen molar-refractivity contribution in [3.63, 3.8) is 0 Å². The molecular weight excluding hydrogens is 374 g/mol. The van der Waals surface area contributed by atoms with Gasteiger partial charge >= 0.3 is 0 Å². The summed E-state index contributed by atoms with van der Waals surface area (Å²) < 4.78 is 10.3. The quantitative estimate of drug-likeness (QED) is 0.663. The molecule has 4 rings (SSSR count). The summed E-state index contributed by atoms with van der Waals surface area (Å²) in [6.45, 7) is 1.69. The van der Waals surface area contributed by atoms with Crippen LogP contribution in [0.1, 0.15) is 27.9 Å². The van der Waals surface area contributed by atoms with Crippen molar-refractivity contribution in [3.8, 4) is 0 Å². The Morgan fingerprint density at radius 3 is 2.48 bits per heavy atom. The molecule has 0 fully saturated rings. The van der Waals surface area contributed by atoms with Gasteiger partial charge in [0.2, 0.25) is 5.78 Å². The van der Waals surface area contributed by atoms with Gasteiger partial charge in [0, 0.05) is 25.8 Å². The molecule has 1 amide bonds. The van der Waals surface area contributed by atoms with Crippen LogP contribution < -0.4 is 9.80 Å². The van der Waals surface area contributed by atoms with E-state index in [2.05, 4.69) is 5.16 Å². The highest BCUT2D eigenvalue weighted by Gasteiger charge is 2.46. The van der Waals surface area contributed by atoms with Crippen LogP contribution in [-0.4, -0.2) is 36.0 Å². The normalized spacial score (nSPS) is 16.6. The van der Waals surface area contributed by atoms with Gasteiger partial charge in [-0.2, -0.15) is 0 Å². The van der Waals surface area contributed by atoms with Crippen molar-refractivity contribution in [2.24, 2.45) is 0 Å². The first-order valence-electron chi connectivity index (χ1n) is 8.94. The zero-order valence-corrected chi connectivity index (χ0v) is 16.1. The van der Waals surface area contributed by atoms with Crippen LogP contribution in [0.15, 0.2) is 69.0 Å². The summed E-state index contributed by atoms with van der Waals surface area (Å²) >= 11 is 0. The number of aryl methyl sites for hydroxylation is 1. The van der Waals surface area contributed by atoms with Crippen molar-refractivity contribution in [1.29, 1.82) is 0 Å². The average Bonchev–Trinajstić information content (AvgIpc) is 3.43. The average molecular weight is 393 g/mol. The van der Waals surface area contributed by atoms with E-state index in [1.165, 1.54) is 17.2 Å². The second-order valence-corrected chi connectivity index (χ2v) is 6.93. The highest BCUT2D eigenvalue weighted by molar-refractivity contribution is 6.19. The fourth-order valence-corrected chi connectivity index (χ4v) is 3.35. The van der Waals surface area contributed by atoms with Crippen LogP contribution in [0.5, 0.6) is 0 Å². The molecule has 1 aromatic carbocycles. The molecule has 1 atom stereocenters. The van der Waals surface area contributed by atoms with Gasteiger partial charge < -0.3 is 18.9 Å². The molecule has 0 saturated carbocycles. The van der Waals surface area contributed by atoms with Crippen LogP contribution in [0, 0.1) is 6.92 Å². The van der Waals surface area contributed by atoms with E-state index in [-0.39, 0.29) is 17.2 Å². The molecule has 29 heavy (non-hydrogen) atoms. The van der Waals surface area contributed by atoms with E-state index >= 15 is 0 Å². The number of aliphatic hydroxyl groups excluding tert-OH is 1. The van der Waals surface area contributed by atoms with Gasteiger partial charge in [-0.1, -0.05) is 17.3 Å². The standard InChI is InChI=1S/C21H19N3O5/c1-12-11-16(22-29-12)24-18(13-6-8-14(9-7-13)23(2)3)17(20(26)21(24)27)19(25)15-5-4-10-28-15/h4-11,18,26H,1-3H3/t18-/m1/s1. The van der Waals surface area contributed by atoms with Gasteiger partial charge in [-0.25, -0.2) is 0 Å². The molecule has 148 valence electrons. The molecule has 0 spiro atoms. The van der Waals surface area contributed by atoms with Crippen LogP contribution >= 0.6 is 0 Å². The topological polar surface area (TPSA) is 100 Å². The maximum atomic E-state index is 13.1. The van der Waals surface area contributed by atoms with Crippen molar-refractivity contribution in [2.75, 3.05) is 23.9 Å². The van der Waals surface area contributed by atoms with E-state index in [1.54, 1.807) is 31.2 Å². The number of aromatic nitrogens is 1. The zero-order chi connectivity index (χ0) is 20.7. The van der Waals surface area contributed by atoms with Crippen molar-refractivity contribution in [3.05, 3.63) is 77.1 Å². The third-order valence-corrected chi connectivity index (χ3v) is 4.79. The third-order valence-electron chi connectivity index (χ3n) is 4.79. The fraction of sp³-hybridized carbons (Fsp3) is 0.190. The maximum Gasteiger partial charge on any atom is 0.295 e. The van der Waals surface area contributed by atoms with Gasteiger partial charge in [0.15, 0.2) is 17.3 Å². The number of aliphatic hydroxyl groups is 1. The highest BCUT2D eigenvalue weighted by Crippen LogP contribution is 2.42. The fourth-order valence-electron chi connectivity index (χ4n) is 3.35. The predicted molar refractivity (Wildman–Crippen MR) is 105 cm³/mol. The number of Topliss-reactive ketones (excluding diaryl/α,β-unsaturated/α-hetero) is 1. The molecule has 8 heteroatoms. The molecule has 1 aliphatic rings. The molecule has 8 nitrogen and oxygen atoms in total. The van der Waals surface area contributed by atoms with E-state index in [0.29, 0.717) is 11.3 Å². The first kappa shape index (κ1) is 18.5. The Bertz CT molecular complexity index is 1090. The van der Waals surface area contributed by atoms with E-state index in [1.807, 2.05) is 31.1 Å². The van der Waals surface area contributed by atoms with Crippen molar-refractivity contribution in [1.82, 2.24) is 5.16 Å². The summed E-state index contributed by atoms with van der Waals surface area (Å²) in [5.74, 6) is -1.18. The lowest BCUT2D eigenvalue weighted by Gasteiger charge is -2.24. The number of furan rings is 1. The molecule has 0 aliphatic carbocycles. The van der Waals surface area contributed by atoms with Crippen molar-refractivity contribution >= 4 is 23.2 Å². The SMILES string of the molecule is Cc1cc(N2C(=O)C(O)=C(C(=O)c3ccco3)[C@H]2c2ccc(N(C)C)cc2)no1. The number of amides is 1. The lowest BCUT2D eigenvalue weighted by Crippen LogP contribution is -2.31. The number of nitrogens with zero attached hydrogens (tertiary/aromatic N) is 3. The summed E-state index contributed by atoms with van der Waals surface area (Å²) in [6, 6.07) is 11.1. The smallest absolute Gasteiger partial charge is 0.295 e. The second kappa shape index (κ2) is 6.97. The third kappa shape index (κ3) is 3.08. The monoisotopic (exact) mass is 393 g/mol. The zero-order valence-electron chi connectivity index (χ0n) is 16.1. The number of hydrogen-bond acceptors (Lipinski definition) is 7. The summed E-state index contributed by atoms with van der Waals surface area (Å²) in [5, 5.41) is 14.5. The predicted octanol–water partition coefficient (Wildman–Crippen LogP) is 3.42. The Morgan fingerprint density at radius 2 is 1.93 bits per heavy atom. The van der Waals surface area contributed by atoms with Crippen LogP contribution in [0.3, 0.4) is 0 Å². The van der Waals surface area contributed by atoms with E-state index < -0.39 is 23.5 Å². The van der Waals surface area contributed by atoms with Gasteiger partial charge in [-0.05, 0) is 36.8 Å². The van der Waals surface area contributed by atoms with Gasteiger partial charge in [0.25, 0.3) is 5.91 Å². The number of carbonyl (C=O) groups excluding carboxylic acids is 2. The summed E-state index contributed by atoms with van der Waals surface area (Å²) in [7, 11) is 3.83. The minimum absolute atomic E-state index is 0.0347. The van der Waals surface area contributed by atoms with Gasteiger partial charge in [-0.15, -0.1) is 0 Å². The highest BCUT2D eigenvalue weighted by atomic mass is 16.5. The lowest BCUT2D eigenvalue weighted by molar-refractivity contribution is -0.117. The Balaban J connectivity index is 1.85. The Morgan fingerprint density at radius 1 is 1.21 bits per heavy atom. The minimum Gasteiger partial charge on any atom is -0.503 e. The number of benzene rings is 1. The molecule has 0 bridgehead atoms. The number of anilines is 2. The first-order chi connectivity index (χ1) is 13.9. The summed E-state index contributed by atoms with van der Waals surface area (Å²) in [4.78, 5) is 29.2. The van der Waals surface area contributed by atoms with Crippen LogP contribution in [0.2, 0.25) is 0 Å². The maximum absolute atomic E-state index is 13.1. The first-order valence-corrected chi connectivity index (χ1v) is 8.94. The summed E-state index contributed by atoms with van der Waals surface area (Å²) in [5.41, 5.74) is 1.53. The largest absolute Gasteiger partial charge is 0.503 e. The van der Waals surface area contributed by atoms with E-state index in [4.69, 9.17) is 8.94 Å². The number of carbonyl (C=O) groups is 2. The molecular formula is C21H19N3O5.